The van der Waals surface area contributed by atoms with Crippen LogP contribution in [-0.4, -0.2) is 4.98 Å². The fourth-order valence-electron chi connectivity index (χ4n) is 7.55. The molecule has 10 aromatic rings. The molecule has 0 fully saturated rings. The minimum atomic E-state index is 0.639. The average molecular weight is 691 g/mol. The molecule has 254 valence electrons. The molecule has 0 saturated carbocycles. The molecule has 0 atom stereocenters. The summed E-state index contributed by atoms with van der Waals surface area (Å²) in [6.07, 6.45) is 0. The molecule has 1 aromatic heterocycles. The Kier molecular flexibility index (Phi) is 7.81. The van der Waals surface area contributed by atoms with Crippen LogP contribution in [0.4, 0.5) is 17.1 Å². The molecule has 1 heterocycles. The standard InChI is InChI=1S/C51H34N2O/c1-3-11-40(12-4-1)51-52-50-48-17-9-16-46(47(48)32-33-49(50)54-51)39-21-18-36(19-22-39)37-24-28-44(29-25-37)53(43-14-5-2-6-15-43)45-30-26-38(27-31-45)42-23-20-35-10-7-8-13-41(35)34-42/h1-34H. The molecular formula is C51H34N2O. The van der Waals surface area contributed by atoms with E-state index in [9.17, 15) is 0 Å². The highest BCUT2D eigenvalue weighted by molar-refractivity contribution is 6.09. The topological polar surface area (TPSA) is 29.3 Å². The molecule has 54 heavy (non-hydrogen) atoms. The lowest BCUT2D eigenvalue weighted by Crippen LogP contribution is -2.09. The summed E-state index contributed by atoms with van der Waals surface area (Å²) in [4.78, 5) is 7.22. The van der Waals surface area contributed by atoms with Gasteiger partial charge in [0.1, 0.15) is 5.52 Å². The molecule has 0 spiro atoms. The summed E-state index contributed by atoms with van der Waals surface area (Å²) in [5, 5.41) is 4.74. The molecule has 0 amide bonds. The van der Waals surface area contributed by atoms with Crippen LogP contribution in [0.1, 0.15) is 0 Å². The smallest absolute Gasteiger partial charge is 0.227 e. The Morgan fingerprint density at radius 1 is 0.352 bits per heavy atom. The number of fused-ring (bicyclic) bond motifs is 4. The van der Waals surface area contributed by atoms with Crippen LogP contribution in [0.3, 0.4) is 0 Å². The zero-order valence-corrected chi connectivity index (χ0v) is 29.4. The molecule has 0 aliphatic rings. The normalized spacial score (nSPS) is 11.3. The zero-order valence-electron chi connectivity index (χ0n) is 29.4. The summed E-state index contributed by atoms with van der Waals surface area (Å²) in [5.74, 6) is 0.639. The van der Waals surface area contributed by atoms with Crippen molar-refractivity contribution < 1.29 is 4.42 Å². The number of aromatic nitrogens is 1. The summed E-state index contributed by atoms with van der Waals surface area (Å²) >= 11 is 0. The van der Waals surface area contributed by atoms with Gasteiger partial charge >= 0.3 is 0 Å². The van der Waals surface area contributed by atoms with E-state index >= 15 is 0 Å². The van der Waals surface area contributed by atoms with Gasteiger partial charge in [-0.05, 0) is 116 Å². The maximum Gasteiger partial charge on any atom is 0.227 e. The number of hydrogen-bond acceptors (Lipinski definition) is 3. The van der Waals surface area contributed by atoms with Gasteiger partial charge in [-0.15, -0.1) is 0 Å². The van der Waals surface area contributed by atoms with Crippen LogP contribution < -0.4 is 4.90 Å². The highest BCUT2D eigenvalue weighted by atomic mass is 16.3. The Labute approximate surface area is 314 Å². The van der Waals surface area contributed by atoms with Gasteiger partial charge in [0, 0.05) is 28.0 Å². The summed E-state index contributed by atoms with van der Waals surface area (Å²) in [7, 11) is 0. The molecule has 0 unspecified atom stereocenters. The van der Waals surface area contributed by atoms with Crippen molar-refractivity contribution in [2.45, 2.75) is 0 Å². The largest absolute Gasteiger partial charge is 0.436 e. The summed E-state index contributed by atoms with van der Waals surface area (Å²) in [6.45, 7) is 0. The molecule has 0 aliphatic heterocycles. The number of anilines is 3. The number of para-hydroxylation sites is 1. The van der Waals surface area contributed by atoms with Gasteiger partial charge in [-0.1, -0.05) is 140 Å². The van der Waals surface area contributed by atoms with Gasteiger partial charge in [-0.3, -0.25) is 0 Å². The van der Waals surface area contributed by atoms with Crippen LogP contribution in [0, 0.1) is 0 Å². The third-order valence-corrected chi connectivity index (χ3v) is 10.3. The van der Waals surface area contributed by atoms with Crippen molar-refractivity contribution in [2.75, 3.05) is 4.90 Å². The third-order valence-electron chi connectivity index (χ3n) is 10.3. The number of hydrogen-bond donors (Lipinski definition) is 0. The van der Waals surface area contributed by atoms with Crippen LogP contribution in [-0.2, 0) is 0 Å². The molecule has 0 aliphatic carbocycles. The second kappa shape index (κ2) is 13.4. The molecule has 0 radical (unpaired) electrons. The minimum absolute atomic E-state index is 0.639. The van der Waals surface area contributed by atoms with Gasteiger partial charge < -0.3 is 9.32 Å². The van der Waals surface area contributed by atoms with Crippen molar-refractivity contribution in [2.24, 2.45) is 0 Å². The number of oxazole rings is 1. The Morgan fingerprint density at radius 2 is 0.907 bits per heavy atom. The van der Waals surface area contributed by atoms with Crippen LogP contribution in [0.2, 0.25) is 0 Å². The van der Waals surface area contributed by atoms with Crippen LogP contribution >= 0.6 is 0 Å². The van der Waals surface area contributed by atoms with E-state index in [0.29, 0.717) is 5.89 Å². The second-order valence-electron chi connectivity index (χ2n) is 13.6. The summed E-state index contributed by atoms with van der Waals surface area (Å²) < 4.78 is 6.16. The SMILES string of the molecule is c1ccc(-c2nc3c(ccc4c(-c5ccc(-c6ccc(N(c7ccccc7)c7ccc(-c8ccc9ccccc9c8)cc7)cc6)cc5)cccc43)o2)cc1. The molecule has 3 heteroatoms. The van der Waals surface area contributed by atoms with Crippen molar-refractivity contribution >= 4 is 49.7 Å². The molecule has 0 bridgehead atoms. The summed E-state index contributed by atoms with van der Waals surface area (Å²) in [6, 6.07) is 73.0. The van der Waals surface area contributed by atoms with Gasteiger partial charge in [0.05, 0.1) is 0 Å². The Hall–Kier alpha value is -7.23. The Morgan fingerprint density at radius 3 is 1.61 bits per heavy atom. The minimum Gasteiger partial charge on any atom is -0.436 e. The molecule has 10 rings (SSSR count). The molecule has 3 nitrogen and oxygen atoms in total. The lowest BCUT2D eigenvalue weighted by molar-refractivity contribution is 0.620. The lowest BCUT2D eigenvalue weighted by atomic mass is 9.95. The van der Waals surface area contributed by atoms with Crippen molar-refractivity contribution in [1.29, 1.82) is 0 Å². The predicted molar refractivity (Wildman–Crippen MR) is 225 cm³/mol. The van der Waals surface area contributed by atoms with E-state index in [4.69, 9.17) is 9.40 Å². The van der Waals surface area contributed by atoms with E-state index in [2.05, 4.69) is 175 Å². The van der Waals surface area contributed by atoms with E-state index in [1.54, 1.807) is 0 Å². The fourth-order valence-corrected chi connectivity index (χ4v) is 7.55. The van der Waals surface area contributed by atoms with Crippen molar-refractivity contribution in [3.63, 3.8) is 0 Å². The molecule has 0 saturated heterocycles. The Bertz CT molecular complexity index is 2900. The van der Waals surface area contributed by atoms with E-state index in [1.165, 1.54) is 38.6 Å². The maximum atomic E-state index is 6.16. The van der Waals surface area contributed by atoms with Crippen LogP contribution in [0.25, 0.3) is 77.5 Å². The lowest BCUT2D eigenvalue weighted by Gasteiger charge is -2.26. The third kappa shape index (κ3) is 5.78. The van der Waals surface area contributed by atoms with Crippen molar-refractivity contribution in [3.05, 3.63) is 206 Å². The highest BCUT2D eigenvalue weighted by Gasteiger charge is 2.15. The zero-order chi connectivity index (χ0) is 35.8. The number of benzene rings is 9. The first-order valence-corrected chi connectivity index (χ1v) is 18.3. The van der Waals surface area contributed by atoms with Crippen LogP contribution in [0.15, 0.2) is 211 Å². The van der Waals surface area contributed by atoms with E-state index in [1.807, 2.05) is 36.4 Å². The number of nitrogens with zero attached hydrogens (tertiary/aromatic N) is 2. The van der Waals surface area contributed by atoms with Gasteiger partial charge in [0.2, 0.25) is 5.89 Å². The quantitative estimate of drug-likeness (QED) is 0.167. The van der Waals surface area contributed by atoms with Crippen molar-refractivity contribution in [3.8, 4) is 44.8 Å². The van der Waals surface area contributed by atoms with E-state index < -0.39 is 0 Å². The first kappa shape index (κ1) is 31.5. The van der Waals surface area contributed by atoms with Crippen LogP contribution in [0.5, 0.6) is 0 Å². The number of rotatable bonds is 7. The van der Waals surface area contributed by atoms with Gasteiger partial charge in [0.25, 0.3) is 0 Å². The van der Waals surface area contributed by atoms with Gasteiger partial charge in [0.15, 0.2) is 5.58 Å². The molecule has 9 aromatic carbocycles. The van der Waals surface area contributed by atoms with Gasteiger partial charge in [-0.2, -0.15) is 0 Å². The van der Waals surface area contributed by atoms with E-state index in [-0.39, 0.29) is 0 Å². The first-order chi connectivity index (χ1) is 26.7. The average Bonchev–Trinajstić information content (AvgIpc) is 3.70. The van der Waals surface area contributed by atoms with Gasteiger partial charge in [-0.25, -0.2) is 4.98 Å². The molecular weight excluding hydrogens is 657 g/mol. The monoisotopic (exact) mass is 690 g/mol. The maximum absolute atomic E-state index is 6.16. The molecule has 0 N–H and O–H groups in total. The predicted octanol–water partition coefficient (Wildman–Crippen LogP) is 14.3. The van der Waals surface area contributed by atoms with Crippen molar-refractivity contribution in [1.82, 2.24) is 4.98 Å². The second-order valence-corrected chi connectivity index (χ2v) is 13.6. The Balaban J connectivity index is 0.936. The fraction of sp³-hybridized carbons (Fsp3) is 0. The highest BCUT2D eigenvalue weighted by Crippen LogP contribution is 2.38. The van der Waals surface area contributed by atoms with E-state index in [0.717, 1.165) is 50.1 Å². The summed E-state index contributed by atoms with van der Waals surface area (Å²) in [5.41, 5.74) is 13.1. The first-order valence-electron chi connectivity index (χ1n) is 18.3.